The lowest BCUT2D eigenvalue weighted by molar-refractivity contribution is 0.410. The van der Waals surface area contributed by atoms with Crippen molar-refractivity contribution in [3.8, 4) is 17.2 Å². The summed E-state index contributed by atoms with van der Waals surface area (Å²) in [7, 11) is 3.40. The van der Waals surface area contributed by atoms with Crippen molar-refractivity contribution in [1.29, 1.82) is 0 Å². The molecule has 0 radical (unpaired) electrons. The lowest BCUT2D eigenvalue weighted by atomic mass is 10.2. The normalized spacial score (nSPS) is 10.4. The Kier molecular flexibility index (Phi) is 4.98. The maximum Gasteiger partial charge on any atom is 0.166 e. The van der Waals surface area contributed by atoms with Crippen molar-refractivity contribution in [3.63, 3.8) is 0 Å². The van der Waals surface area contributed by atoms with Gasteiger partial charge in [-0.15, -0.1) is 0 Å². The summed E-state index contributed by atoms with van der Waals surface area (Å²) in [4.78, 5) is 0. The number of methoxy groups -OCH3 is 1. The van der Waals surface area contributed by atoms with E-state index in [4.69, 9.17) is 9.47 Å². The molecule has 0 aliphatic rings. The number of halogens is 2. The van der Waals surface area contributed by atoms with Gasteiger partial charge in [0, 0.05) is 6.54 Å². The molecule has 0 spiro atoms. The largest absolute Gasteiger partial charge is 0.497 e. The molecular weight excluding hydrogens is 325 g/mol. The van der Waals surface area contributed by atoms with E-state index in [1.54, 1.807) is 31.4 Å². The molecular formula is C15H15BrFNO2. The minimum atomic E-state index is -0.388. The molecule has 2 aromatic rings. The molecule has 1 N–H and O–H groups in total. The number of hydrogen-bond acceptors (Lipinski definition) is 3. The van der Waals surface area contributed by atoms with Gasteiger partial charge < -0.3 is 14.8 Å². The van der Waals surface area contributed by atoms with Crippen LogP contribution in [-0.2, 0) is 6.54 Å². The van der Waals surface area contributed by atoms with E-state index in [1.165, 1.54) is 6.07 Å². The van der Waals surface area contributed by atoms with Gasteiger partial charge in [0.2, 0.25) is 0 Å². The van der Waals surface area contributed by atoms with Gasteiger partial charge in [-0.05, 0) is 58.9 Å². The summed E-state index contributed by atoms with van der Waals surface area (Å²) in [6, 6.07) is 10.2. The Balaban J connectivity index is 2.21. The van der Waals surface area contributed by atoms with Crippen LogP contribution in [0.2, 0.25) is 0 Å². The van der Waals surface area contributed by atoms with E-state index in [9.17, 15) is 4.39 Å². The third-order valence-corrected chi connectivity index (χ3v) is 3.36. The molecule has 106 valence electrons. The quantitative estimate of drug-likeness (QED) is 0.889. The first-order valence-corrected chi connectivity index (χ1v) is 6.87. The fraction of sp³-hybridized carbons (Fsp3) is 0.200. The van der Waals surface area contributed by atoms with Crippen molar-refractivity contribution in [2.24, 2.45) is 0 Å². The number of rotatable bonds is 5. The van der Waals surface area contributed by atoms with Crippen molar-refractivity contribution in [2.75, 3.05) is 14.2 Å². The van der Waals surface area contributed by atoms with Gasteiger partial charge in [-0.25, -0.2) is 4.39 Å². The van der Waals surface area contributed by atoms with E-state index in [0.29, 0.717) is 22.5 Å². The Bertz CT molecular complexity index is 604. The summed E-state index contributed by atoms with van der Waals surface area (Å²) in [5.41, 5.74) is 0.867. The zero-order valence-electron chi connectivity index (χ0n) is 11.2. The minimum Gasteiger partial charge on any atom is -0.497 e. The van der Waals surface area contributed by atoms with Crippen molar-refractivity contribution in [2.45, 2.75) is 6.54 Å². The van der Waals surface area contributed by atoms with Crippen LogP contribution in [0.3, 0.4) is 0 Å². The van der Waals surface area contributed by atoms with E-state index in [2.05, 4.69) is 21.2 Å². The predicted molar refractivity (Wildman–Crippen MR) is 79.9 cm³/mol. The number of nitrogens with one attached hydrogen (secondary N) is 1. The molecule has 3 nitrogen and oxygen atoms in total. The predicted octanol–water partition coefficient (Wildman–Crippen LogP) is 4.11. The maximum atomic E-state index is 13.9. The SMILES string of the molecule is CNCc1ccc(Oc2ccc(OC)cc2Br)c(F)c1. The minimum absolute atomic E-state index is 0.190. The van der Waals surface area contributed by atoms with Crippen molar-refractivity contribution < 1.29 is 13.9 Å². The zero-order chi connectivity index (χ0) is 14.5. The second-order valence-corrected chi connectivity index (χ2v) is 5.05. The summed E-state index contributed by atoms with van der Waals surface area (Å²) >= 11 is 3.37. The standard InChI is InChI=1S/C15H15BrFNO2/c1-18-9-10-3-5-15(13(17)7-10)20-14-6-4-11(19-2)8-12(14)16/h3-8,18H,9H2,1-2H3. The molecule has 0 amide bonds. The van der Waals surface area contributed by atoms with Crippen LogP contribution in [0, 0.1) is 5.82 Å². The van der Waals surface area contributed by atoms with E-state index in [1.807, 2.05) is 13.1 Å². The number of ether oxygens (including phenoxy) is 2. The molecule has 0 aromatic heterocycles. The Hall–Kier alpha value is -1.59. The summed E-state index contributed by atoms with van der Waals surface area (Å²) in [5, 5.41) is 2.97. The van der Waals surface area contributed by atoms with Gasteiger partial charge in [-0.1, -0.05) is 6.07 Å². The van der Waals surface area contributed by atoms with E-state index < -0.39 is 0 Å². The molecule has 0 fully saturated rings. The van der Waals surface area contributed by atoms with E-state index in [0.717, 1.165) is 5.56 Å². The highest BCUT2D eigenvalue weighted by molar-refractivity contribution is 9.10. The zero-order valence-corrected chi connectivity index (χ0v) is 12.8. The Morgan fingerprint density at radius 2 is 1.90 bits per heavy atom. The first kappa shape index (κ1) is 14.8. The van der Waals surface area contributed by atoms with Gasteiger partial charge >= 0.3 is 0 Å². The molecule has 2 aromatic carbocycles. The van der Waals surface area contributed by atoms with Gasteiger partial charge in [-0.3, -0.25) is 0 Å². The third-order valence-electron chi connectivity index (χ3n) is 2.74. The molecule has 0 aliphatic carbocycles. The molecule has 0 saturated heterocycles. The van der Waals surface area contributed by atoms with Gasteiger partial charge in [0.25, 0.3) is 0 Å². The molecule has 0 aliphatic heterocycles. The molecule has 0 unspecified atom stereocenters. The first-order valence-electron chi connectivity index (χ1n) is 6.08. The van der Waals surface area contributed by atoms with E-state index >= 15 is 0 Å². The summed E-state index contributed by atoms with van der Waals surface area (Å²) < 4.78 is 25.3. The highest BCUT2D eigenvalue weighted by Gasteiger charge is 2.09. The topological polar surface area (TPSA) is 30.5 Å². The monoisotopic (exact) mass is 339 g/mol. The van der Waals surface area contributed by atoms with Crippen LogP contribution >= 0.6 is 15.9 Å². The van der Waals surface area contributed by atoms with Crippen LogP contribution in [0.4, 0.5) is 4.39 Å². The molecule has 5 heteroatoms. The summed E-state index contributed by atoms with van der Waals surface area (Å²) in [6.45, 7) is 0.615. The fourth-order valence-corrected chi connectivity index (χ4v) is 2.19. The average molecular weight is 340 g/mol. The molecule has 0 heterocycles. The van der Waals surface area contributed by atoms with Gasteiger partial charge in [0.15, 0.2) is 11.6 Å². The van der Waals surface area contributed by atoms with Crippen LogP contribution in [0.25, 0.3) is 0 Å². The Labute approximate surface area is 125 Å². The van der Waals surface area contributed by atoms with Gasteiger partial charge in [0.1, 0.15) is 11.5 Å². The van der Waals surface area contributed by atoms with Gasteiger partial charge in [0.05, 0.1) is 11.6 Å². The third kappa shape index (κ3) is 3.49. The second-order valence-electron chi connectivity index (χ2n) is 4.19. The number of benzene rings is 2. The van der Waals surface area contributed by atoms with Crippen LogP contribution in [0.1, 0.15) is 5.56 Å². The van der Waals surface area contributed by atoms with Gasteiger partial charge in [-0.2, -0.15) is 0 Å². The molecule has 2 rings (SSSR count). The van der Waals surface area contributed by atoms with Crippen LogP contribution in [0.5, 0.6) is 17.2 Å². The lowest BCUT2D eigenvalue weighted by Crippen LogP contribution is -2.05. The lowest BCUT2D eigenvalue weighted by Gasteiger charge is -2.10. The van der Waals surface area contributed by atoms with Crippen molar-refractivity contribution in [1.82, 2.24) is 5.32 Å². The summed E-state index contributed by atoms with van der Waals surface area (Å²) in [5.74, 6) is 1.04. The second kappa shape index (κ2) is 6.72. The number of hydrogen-bond donors (Lipinski definition) is 1. The van der Waals surface area contributed by atoms with E-state index in [-0.39, 0.29) is 11.6 Å². The maximum absolute atomic E-state index is 13.9. The highest BCUT2D eigenvalue weighted by Crippen LogP contribution is 2.33. The fourth-order valence-electron chi connectivity index (χ4n) is 1.75. The Morgan fingerprint density at radius 3 is 2.50 bits per heavy atom. The average Bonchev–Trinajstić information content (AvgIpc) is 2.44. The van der Waals surface area contributed by atoms with Crippen LogP contribution < -0.4 is 14.8 Å². The molecule has 0 bridgehead atoms. The smallest absolute Gasteiger partial charge is 0.166 e. The van der Waals surface area contributed by atoms with Crippen molar-refractivity contribution >= 4 is 15.9 Å². The molecule has 0 saturated carbocycles. The molecule has 0 atom stereocenters. The van der Waals surface area contributed by atoms with Crippen molar-refractivity contribution in [3.05, 3.63) is 52.3 Å². The molecule has 20 heavy (non-hydrogen) atoms. The summed E-state index contributed by atoms with van der Waals surface area (Å²) in [6.07, 6.45) is 0. The highest BCUT2D eigenvalue weighted by atomic mass is 79.9. The van der Waals surface area contributed by atoms with Crippen LogP contribution in [-0.4, -0.2) is 14.2 Å². The first-order chi connectivity index (χ1) is 9.63. The van der Waals surface area contributed by atoms with Crippen LogP contribution in [0.15, 0.2) is 40.9 Å². The Morgan fingerprint density at radius 1 is 1.15 bits per heavy atom.